The van der Waals surface area contributed by atoms with Crippen LogP contribution in [0.25, 0.3) is 0 Å². The first-order chi connectivity index (χ1) is 11.3. The van der Waals surface area contributed by atoms with E-state index in [4.69, 9.17) is 54.1 Å². The Hall–Kier alpha value is 0.550. The molecule has 2 rings (SSSR count). The Morgan fingerprint density at radius 2 is 1.67 bits per heavy atom. The first-order valence-corrected chi connectivity index (χ1v) is 8.92. The van der Waals surface area contributed by atoms with E-state index in [9.17, 15) is 20.4 Å². The summed E-state index contributed by atoms with van der Waals surface area (Å²) in [5.41, 5.74) is 0. The maximum absolute atomic E-state index is 10.2. The second-order valence-corrected chi connectivity index (χ2v) is 6.87. The third-order valence-electron chi connectivity index (χ3n) is 4.19. The molecule has 2 heterocycles. The van der Waals surface area contributed by atoms with E-state index in [2.05, 4.69) is 0 Å². The quantitative estimate of drug-likeness (QED) is 0.342. The molecule has 0 unspecified atom stereocenters. The maximum Gasteiger partial charge on any atom is 0.214 e. The average molecular weight is 412 g/mol. The van der Waals surface area contributed by atoms with Gasteiger partial charge in [0.1, 0.15) is 30.5 Å². The number of halogens is 3. The highest BCUT2D eigenvalue weighted by atomic mass is 35.5. The highest BCUT2D eigenvalue weighted by Gasteiger charge is 2.58. The molecular weight excluding hydrogens is 390 g/mol. The standard InChI is InChI=1S/C13H21Cl3O8/c14-3-6-8(18)11(21)13(4-15,23-6)24-12-10(20)9(19)7(16)5(22-12)1-2-17/h5-12,17-21H,1-4H2/t5-,6-,7+,8-,9+,10-,11+,12-,13+/m1/s1. The normalized spacial score (nSPS) is 49.5. The first-order valence-electron chi connectivity index (χ1n) is 7.41. The molecule has 5 N–H and O–H groups in total. The number of ether oxygens (including phenoxy) is 3. The monoisotopic (exact) mass is 410 g/mol. The fourth-order valence-electron chi connectivity index (χ4n) is 2.77. The molecule has 2 fully saturated rings. The van der Waals surface area contributed by atoms with Crippen molar-refractivity contribution in [2.24, 2.45) is 0 Å². The molecule has 0 aromatic heterocycles. The Bertz CT molecular complexity index is 419. The van der Waals surface area contributed by atoms with Gasteiger partial charge in [0, 0.05) is 6.61 Å². The highest BCUT2D eigenvalue weighted by molar-refractivity contribution is 6.21. The number of hydrogen-bond acceptors (Lipinski definition) is 8. The van der Waals surface area contributed by atoms with Crippen LogP contribution in [0.15, 0.2) is 0 Å². The van der Waals surface area contributed by atoms with Gasteiger partial charge in [-0.25, -0.2) is 0 Å². The van der Waals surface area contributed by atoms with Gasteiger partial charge >= 0.3 is 0 Å². The number of aliphatic hydroxyl groups excluding tert-OH is 5. The van der Waals surface area contributed by atoms with E-state index in [1.807, 2.05) is 0 Å². The highest BCUT2D eigenvalue weighted by Crippen LogP contribution is 2.38. The van der Waals surface area contributed by atoms with Gasteiger partial charge in [0.25, 0.3) is 0 Å². The predicted octanol–water partition coefficient (Wildman–Crippen LogP) is -1.27. The number of alkyl halides is 3. The topological polar surface area (TPSA) is 129 Å². The zero-order valence-corrected chi connectivity index (χ0v) is 14.8. The lowest BCUT2D eigenvalue weighted by atomic mass is 9.99. The zero-order chi connectivity index (χ0) is 18.1. The molecule has 2 saturated heterocycles. The summed E-state index contributed by atoms with van der Waals surface area (Å²) in [7, 11) is 0. The van der Waals surface area contributed by atoms with E-state index in [1.54, 1.807) is 0 Å². The smallest absolute Gasteiger partial charge is 0.214 e. The summed E-state index contributed by atoms with van der Waals surface area (Å²) in [6.45, 7) is -0.254. The molecule has 11 heteroatoms. The minimum atomic E-state index is -1.88. The van der Waals surface area contributed by atoms with Crippen LogP contribution in [-0.4, -0.2) is 98.0 Å². The van der Waals surface area contributed by atoms with Gasteiger partial charge in [0.2, 0.25) is 5.79 Å². The van der Waals surface area contributed by atoms with Crippen LogP contribution in [0.5, 0.6) is 0 Å². The van der Waals surface area contributed by atoms with Crippen LogP contribution in [0.1, 0.15) is 6.42 Å². The van der Waals surface area contributed by atoms with Gasteiger partial charge in [-0.2, -0.15) is 0 Å². The van der Waals surface area contributed by atoms with Gasteiger partial charge in [-0.3, -0.25) is 0 Å². The van der Waals surface area contributed by atoms with Crippen molar-refractivity contribution in [3.8, 4) is 0 Å². The molecule has 0 aromatic rings. The minimum Gasteiger partial charge on any atom is -0.396 e. The van der Waals surface area contributed by atoms with Crippen molar-refractivity contribution >= 4 is 34.8 Å². The predicted molar refractivity (Wildman–Crippen MR) is 84.2 cm³/mol. The summed E-state index contributed by atoms with van der Waals surface area (Å²) >= 11 is 17.5. The Kier molecular flexibility index (Phi) is 7.38. The van der Waals surface area contributed by atoms with Crippen molar-refractivity contribution in [1.82, 2.24) is 0 Å². The average Bonchev–Trinajstić information content (AvgIpc) is 2.82. The van der Waals surface area contributed by atoms with Crippen molar-refractivity contribution in [3.63, 3.8) is 0 Å². The summed E-state index contributed by atoms with van der Waals surface area (Å²) in [6.07, 6.45) is -8.92. The molecule has 0 aliphatic carbocycles. The van der Waals surface area contributed by atoms with Crippen LogP contribution in [0.2, 0.25) is 0 Å². The lowest BCUT2D eigenvalue weighted by molar-refractivity contribution is -0.356. The minimum absolute atomic E-state index is 0.0992. The van der Waals surface area contributed by atoms with Crippen LogP contribution in [0, 0.1) is 0 Å². The van der Waals surface area contributed by atoms with Crippen LogP contribution in [0.4, 0.5) is 0 Å². The Balaban J connectivity index is 2.17. The summed E-state index contributed by atoms with van der Waals surface area (Å²) in [5, 5.41) is 48.4. The van der Waals surface area contributed by atoms with Gasteiger partial charge in [0.05, 0.1) is 23.2 Å². The number of aliphatic hydroxyl groups is 5. The van der Waals surface area contributed by atoms with E-state index in [0.717, 1.165) is 0 Å². The van der Waals surface area contributed by atoms with Crippen LogP contribution < -0.4 is 0 Å². The summed E-state index contributed by atoms with van der Waals surface area (Å²) < 4.78 is 16.4. The van der Waals surface area contributed by atoms with E-state index in [0.29, 0.717) is 0 Å². The summed E-state index contributed by atoms with van der Waals surface area (Å²) in [5.74, 6) is -2.39. The lowest BCUT2D eigenvalue weighted by Gasteiger charge is -2.43. The van der Waals surface area contributed by atoms with Crippen molar-refractivity contribution in [3.05, 3.63) is 0 Å². The molecule has 0 amide bonds. The van der Waals surface area contributed by atoms with Crippen molar-refractivity contribution < 1.29 is 39.7 Å². The number of rotatable bonds is 6. The molecular formula is C13H21Cl3O8. The molecule has 0 saturated carbocycles. The molecule has 24 heavy (non-hydrogen) atoms. The van der Waals surface area contributed by atoms with E-state index in [-0.39, 0.29) is 18.9 Å². The Labute approximate surface area is 153 Å². The van der Waals surface area contributed by atoms with E-state index < -0.39 is 60.0 Å². The van der Waals surface area contributed by atoms with Crippen LogP contribution in [0.3, 0.4) is 0 Å². The third-order valence-corrected chi connectivity index (χ3v) is 5.41. The van der Waals surface area contributed by atoms with Gasteiger partial charge < -0.3 is 39.7 Å². The van der Waals surface area contributed by atoms with Gasteiger partial charge in [-0.15, -0.1) is 34.8 Å². The second-order valence-electron chi connectivity index (χ2n) is 5.79. The van der Waals surface area contributed by atoms with Crippen LogP contribution >= 0.6 is 34.8 Å². The SMILES string of the molecule is OCC[C@H]1O[C@H](O[C@]2(CCl)O[C@H](CCl)[C@@H](O)[C@@H]2O)[C@H](O)[C@@H](O)[C@H]1Cl. The lowest BCUT2D eigenvalue weighted by Crippen LogP contribution is -2.60. The molecule has 0 radical (unpaired) electrons. The van der Waals surface area contributed by atoms with Crippen molar-refractivity contribution in [1.29, 1.82) is 0 Å². The Morgan fingerprint density at radius 1 is 1.00 bits per heavy atom. The number of hydrogen-bond donors (Lipinski definition) is 5. The zero-order valence-electron chi connectivity index (χ0n) is 12.5. The van der Waals surface area contributed by atoms with Crippen molar-refractivity contribution in [2.45, 2.75) is 60.5 Å². The molecule has 2 aliphatic rings. The van der Waals surface area contributed by atoms with E-state index in [1.165, 1.54) is 0 Å². The van der Waals surface area contributed by atoms with Gasteiger partial charge in [-0.1, -0.05) is 0 Å². The van der Waals surface area contributed by atoms with Crippen LogP contribution in [-0.2, 0) is 14.2 Å². The van der Waals surface area contributed by atoms with Gasteiger partial charge in [-0.05, 0) is 6.42 Å². The van der Waals surface area contributed by atoms with Crippen molar-refractivity contribution in [2.75, 3.05) is 18.4 Å². The van der Waals surface area contributed by atoms with Gasteiger partial charge in [0.15, 0.2) is 6.29 Å². The molecule has 9 atom stereocenters. The fraction of sp³-hybridized carbons (Fsp3) is 1.00. The molecule has 0 aromatic carbocycles. The molecule has 2 aliphatic heterocycles. The summed E-state index contributed by atoms with van der Waals surface area (Å²) in [6, 6.07) is 0. The summed E-state index contributed by atoms with van der Waals surface area (Å²) in [4.78, 5) is 0. The second kappa shape index (κ2) is 8.49. The third kappa shape index (κ3) is 3.79. The molecule has 0 spiro atoms. The Morgan fingerprint density at radius 3 is 2.17 bits per heavy atom. The molecule has 8 nitrogen and oxygen atoms in total. The maximum atomic E-state index is 10.2. The van der Waals surface area contributed by atoms with E-state index >= 15 is 0 Å². The molecule has 0 bridgehead atoms. The largest absolute Gasteiger partial charge is 0.396 e. The molecule has 142 valence electrons. The first kappa shape index (κ1) is 20.9. The fourth-order valence-corrected chi connectivity index (χ4v) is 3.63.